The number of carbonyl (C=O) groups is 1. The fourth-order valence-electron chi connectivity index (χ4n) is 3.12. The molecule has 0 aliphatic carbocycles. The molecule has 0 saturated carbocycles. The Hall–Kier alpha value is -4.67. The molecule has 2 heterocycles. The molecule has 2 aromatic carbocycles. The minimum absolute atomic E-state index is 0.00940. The van der Waals surface area contributed by atoms with Gasteiger partial charge in [0.1, 0.15) is 11.6 Å². The minimum Gasteiger partial charge on any atom is -0.424 e. The number of alkyl halides is 3. The molecule has 0 aliphatic rings. The van der Waals surface area contributed by atoms with Crippen LogP contribution in [0.3, 0.4) is 0 Å². The van der Waals surface area contributed by atoms with E-state index in [9.17, 15) is 18.0 Å². The van der Waals surface area contributed by atoms with Gasteiger partial charge < -0.3 is 21.1 Å². The molecule has 0 unspecified atom stereocenters. The number of urea groups is 1. The predicted molar refractivity (Wildman–Crippen MR) is 125 cm³/mol. The number of nitrogens with one attached hydrogen (secondary N) is 2. The zero-order valence-electron chi connectivity index (χ0n) is 18.3. The number of amides is 2. The number of nitrogen functional groups attached to an aromatic ring is 1. The van der Waals surface area contributed by atoms with Crippen LogP contribution in [0, 0.1) is 6.92 Å². The molecule has 35 heavy (non-hydrogen) atoms. The molecule has 0 aliphatic heterocycles. The van der Waals surface area contributed by atoms with E-state index in [-0.39, 0.29) is 17.4 Å². The third kappa shape index (κ3) is 6.02. The Morgan fingerprint density at radius 1 is 0.914 bits per heavy atom. The quantitative estimate of drug-likeness (QED) is 0.328. The zero-order chi connectivity index (χ0) is 25.0. The Labute approximate surface area is 198 Å². The lowest BCUT2D eigenvalue weighted by Gasteiger charge is -2.11. The van der Waals surface area contributed by atoms with E-state index in [2.05, 4.69) is 25.6 Å². The van der Waals surface area contributed by atoms with E-state index in [1.54, 1.807) is 18.3 Å². The molecule has 4 rings (SSSR count). The molecular formula is C24H19F3N6O2. The van der Waals surface area contributed by atoms with E-state index in [1.165, 1.54) is 24.5 Å². The Morgan fingerprint density at radius 3 is 2.29 bits per heavy atom. The van der Waals surface area contributed by atoms with Crippen LogP contribution >= 0.6 is 0 Å². The van der Waals surface area contributed by atoms with Gasteiger partial charge in [-0.05, 0) is 54.4 Å². The zero-order valence-corrected chi connectivity index (χ0v) is 18.3. The normalized spacial score (nSPS) is 11.1. The van der Waals surface area contributed by atoms with Crippen molar-refractivity contribution in [3.05, 3.63) is 84.3 Å². The van der Waals surface area contributed by atoms with Crippen molar-refractivity contribution in [2.24, 2.45) is 0 Å². The molecule has 178 valence electrons. The molecule has 0 bridgehead atoms. The van der Waals surface area contributed by atoms with Gasteiger partial charge in [0.25, 0.3) is 0 Å². The summed E-state index contributed by atoms with van der Waals surface area (Å²) in [6.45, 7) is 1.93. The number of hydrogen-bond acceptors (Lipinski definition) is 6. The Balaban J connectivity index is 1.36. The van der Waals surface area contributed by atoms with Crippen LogP contribution in [0.1, 0.15) is 11.1 Å². The topological polar surface area (TPSA) is 115 Å². The van der Waals surface area contributed by atoms with Crippen molar-refractivity contribution in [2.45, 2.75) is 13.1 Å². The van der Waals surface area contributed by atoms with E-state index in [0.29, 0.717) is 11.6 Å². The second-order valence-electron chi connectivity index (χ2n) is 7.48. The van der Waals surface area contributed by atoms with Gasteiger partial charge in [-0.2, -0.15) is 13.2 Å². The van der Waals surface area contributed by atoms with Gasteiger partial charge in [0.15, 0.2) is 0 Å². The SMILES string of the molecule is Cc1cnc(N)c(-c2ccc(Oc3ncc(NC(=O)Nc4cccc(C(F)(F)F)c4)cn3)cc2)c1. The number of pyridine rings is 1. The number of nitrogens with two attached hydrogens (primary N) is 1. The number of nitrogens with zero attached hydrogens (tertiary/aromatic N) is 3. The van der Waals surface area contributed by atoms with Gasteiger partial charge in [0, 0.05) is 17.4 Å². The van der Waals surface area contributed by atoms with Crippen molar-refractivity contribution in [3.63, 3.8) is 0 Å². The summed E-state index contributed by atoms with van der Waals surface area (Å²) in [6.07, 6.45) is -0.201. The Kier molecular flexibility index (Phi) is 6.49. The summed E-state index contributed by atoms with van der Waals surface area (Å²) in [4.78, 5) is 24.3. The number of aromatic nitrogens is 3. The first kappa shape index (κ1) is 23.5. The van der Waals surface area contributed by atoms with Crippen LogP contribution in [0.5, 0.6) is 11.8 Å². The minimum atomic E-state index is -4.51. The highest BCUT2D eigenvalue weighted by atomic mass is 19.4. The van der Waals surface area contributed by atoms with Crippen LogP contribution in [0.2, 0.25) is 0 Å². The van der Waals surface area contributed by atoms with Gasteiger partial charge in [-0.3, -0.25) is 0 Å². The predicted octanol–water partition coefficient (Wildman–Crippen LogP) is 5.88. The van der Waals surface area contributed by atoms with E-state index in [4.69, 9.17) is 10.5 Å². The highest BCUT2D eigenvalue weighted by Crippen LogP contribution is 2.31. The number of hydrogen-bond donors (Lipinski definition) is 3. The van der Waals surface area contributed by atoms with Gasteiger partial charge in [-0.1, -0.05) is 18.2 Å². The number of carbonyl (C=O) groups excluding carboxylic acids is 1. The van der Waals surface area contributed by atoms with Crippen LogP contribution in [-0.2, 0) is 6.18 Å². The van der Waals surface area contributed by atoms with Crippen LogP contribution in [0.15, 0.2) is 73.2 Å². The number of aryl methyl sites for hydroxylation is 1. The van der Waals surface area contributed by atoms with Crippen molar-refractivity contribution < 1.29 is 22.7 Å². The summed E-state index contributed by atoms with van der Waals surface area (Å²) in [5, 5.41) is 4.78. The van der Waals surface area contributed by atoms with Gasteiger partial charge in [0.2, 0.25) is 0 Å². The number of ether oxygens (including phenoxy) is 1. The van der Waals surface area contributed by atoms with Crippen molar-refractivity contribution in [1.82, 2.24) is 15.0 Å². The lowest BCUT2D eigenvalue weighted by Crippen LogP contribution is -2.20. The maximum atomic E-state index is 12.8. The van der Waals surface area contributed by atoms with Gasteiger partial charge in [0.05, 0.1) is 23.6 Å². The summed E-state index contributed by atoms with van der Waals surface area (Å²) in [7, 11) is 0. The summed E-state index contributed by atoms with van der Waals surface area (Å²) in [5.74, 6) is 0.906. The number of anilines is 3. The summed E-state index contributed by atoms with van der Waals surface area (Å²) >= 11 is 0. The third-order valence-corrected chi connectivity index (χ3v) is 4.76. The van der Waals surface area contributed by atoms with E-state index in [0.717, 1.165) is 28.8 Å². The van der Waals surface area contributed by atoms with Crippen molar-refractivity contribution >= 4 is 23.2 Å². The second kappa shape index (κ2) is 9.67. The highest BCUT2D eigenvalue weighted by molar-refractivity contribution is 5.99. The smallest absolute Gasteiger partial charge is 0.416 e. The van der Waals surface area contributed by atoms with Crippen molar-refractivity contribution in [2.75, 3.05) is 16.4 Å². The highest BCUT2D eigenvalue weighted by Gasteiger charge is 2.30. The molecule has 2 aromatic heterocycles. The summed E-state index contributed by atoms with van der Waals surface area (Å²) in [5.41, 5.74) is 7.97. The van der Waals surface area contributed by atoms with Crippen LogP contribution in [0.25, 0.3) is 11.1 Å². The maximum Gasteiger partial charge on any atom is 0.416 e. The first-order chi connectivity index (χ1) is 16.7. The Bertz CT molecular complexity index is 1340. The maximum absolute atomic E-state index is 12.8. The molecule has 0 saturated heterocycles. The third-order valence-electron chi connectivity index (χ3n) is 4.76. The molecule has 0 radical (unpaired) electrons. The lowest BCUT2D eigenvalue weighted by atomic mass is 10.1. The molecule has 11 heteroatoms. The van der Waals surface area contributed by atoms with Gasteiger partial charge in [-0.15, -0.1) is 0 Å². The molecule has 0 fully saturated rings. The van der Waals surface area contributed by atoms with E-state index < -0.39 is 17.8 Å². The molecule has 0 spiro atoms. The van der Waals surface area contributed by atoms with Crippen LogP contribution in [-0.4, -0.2) is 21.0 Å². The molecule has 0 atom stereocenters. The van der Waals surface area contributed by atoms with Crippen LogP contribution in [0.4, 0.5) is 35.2 Å². The number of rotatable bonds is 5. The van der Waals surface area contributed by atoms with Gasteiger partial charge in [-0.25, -0.2) is 19.7 Å². The fourth-order valence-corrected chi connectivity index (χ4v) is 3.12. The van der Waals surface area contributed by atoms with Crippen molar-refractivity contribution in [3.8, 4) is 22.9 Å². The molecule has 4 N–H and O–H groups in total. The molecule has 2 amide bonds. The second-order valence-corrected chi connectivity index (χ2v) is 7.48. The van der Waals surface area contributed by atoms with E-state index in [1.807, 2.05) is 25.1 Å². The van der Waals surface area contributed by atoms with Crippen molar-refractivity contribution in [1.29, 1.82) is 0 Å². The summed E-state index contributed by atoms with van der Waals surface area (Å²) in [6, 6.07) is 12.7. The molecular weight excluding hydrogens is 461 g/mol. The summed E-state index contributed by atoms with van der Waals surface area (Å²) < 4.78 is 44.0. The monoisotopic (exact) mass is 480 g/mol. The average molecular weight is 480 g/mol. The molecule has 8 nitrogen and oxygen atoms in total. The Morgan fingerprint density at radius 2 is 1.60 bits per heavy atom. The van der Waals surface area contributed by atoms with Gasteiger partial charge >= 0.3 is 18.2 Å². The number of benzene rings is 2. The van der Waals surface area contributed by atoms with E-state index >= 15 is 0 Å². The first-order valence-corrected chi connectivity index (χ1v) is 10.2. The average Bonchev–Trinajstić information content (AvgIpc) is 2.82. The molecule has 4 aromatic rings. The fraction of sp³-hybridized carbons (Fsp3) is 0.0833. The number of halogens is 3. The lowest BCUT2D eigenvalue weighted by molar-refractivity contribution is -0.137. The van der Waals surface area contributed by atoms with Crippen LogP contribution < -0.4 is 21.1 Å². The largest absolute Gasteiger partial charge is 0.424 e. The first-order valence-electron chi connectivity index (χ1n) is 10.2. The standard InChI is InChI=1S/C24H19F3N6O2/c1-14-9-20(21(28)29-11-14)15-5-7-19(8-6-15)35-23-30-12-18(13-31-23)33-22(34)32-17-4-2-3-16(10-17)24(25,26)27/h2-13H,1H3,(H2,28,29)(H2,32,33,34).